The number of aliphatic hydroxyl groups excluding tert-OH is 1. The van der Waals surface area contributed by atoms with E-state index >= 15 is 0 Å². The SMILES string of the molecule is CC(C)(c1ccc(OCCCCl)cc1)c1ccc(OCC(F)(F)CO)cc1. The molecule has 0 aliphatic carbocycles. The Hall–Kier alpha value is -1.85. The summed E-state index contributed by atoms with van der Waals surface area (Å²) >= 11 is 5.64. The van der Waals surface area contributed by atoms with Gasteiger partial charge in [0.2, 0.25) is 0 Å². The average Bonchev–Trinajstić information content (AvgIpc) is 2.67. The Labute approximate surface area is 163 Å². The van der Waals surface area contributed by atoms with Crippen LogP contribution in [0.3, 0.4) is 0 Å². The molecular weight excluding hydrogens is 374 g/mol. The molecule has 0 aliphatic heterocycles. The van der Waals surface area contributed by atoms with E-state index in [2.05, 4.69) is 13.8 Å². The van der Waals surface area contributed by atoms with Crippen molar-refractivity contribution >= 4 is 11.6 Å². The molecule has 6 heteroatoms. The highest BCUT2D eigenvalue weighted by Crippen LogP contribution is 2.33. The number of aliphatic hydroxyl groups is 1. The maximum Gasteiger partial charge on any atom is 0.303 e. The number of ether oxygens (including phenoxy) is 2. The Morgan fingerprint density at radius 1 is 0.889 bits per heavy atom. The van der Waals surface area contributed by atoms with Gasteiger partial charge in [0.25, 0.3) is 0 Å². The van der Waals surface area contributed by atoms with Crippen LogP contribution in [-0.4, -0.2) is 36.7 Å². The number of hydrogen-bond acceptors (Lipinski definition) is 3. The van der Waals surface area contributed by atoms with Crippen LogP contribution in [0, 0.1) is 0 Å². The normalized spacial score (nSPS) is 12.1. The van der Waals surface area contributed by atoms with Crippen molar-refractivity contribution < 1.29 is 23.4 Å². The highest BCUT2D eigenvalue weighted by molar-refractivity contribution is 6.17. The van der Waals surface area contributed by atoms with Crippen LogP contribution in [0.15, 0.2) is 48.5 Å². The van der Waals surface area contributed by atoms with Gasteiger partial charge in [-0.05, 0) is 41.8 Å². The molecule has 148 valence electrons. The Morgan fingerprint density at radius 2 is 1.37 bits per heavy atom. The lowest BCUT2D eigenvalue weighted by molar-refractivity contribution is -0.0801. The summed E-state index contributed by atoms with van der Waals surface area (Å²) < 4.78 is 36.8. The zero-order chi connectivity index (χ0) is 19.9. The standard InChI is InChI=1S/C21H25ClF2O3/c1-20(2,16-4-8-18(9-5-16)26-13-3-12-22)17-6-10-19(11-7-17)27-15-21(23,24)14-25/h4-11,25H,3,12-15H2,1-2H3. The minimum absolute atomic E-state index is 0.276. The van der Waals surface area contributed by atoms with Gasteiger partial charge in [0, 0.05) is 11.3 Å². The summed E-state index contributed by atoms with van der Waals surface area (Å²) in [6, 6.07) is 14.9. The van der Waals surface area contributed by atoms with Gasteiger partial charge in [-0.25, -0.2) is 8.78 Å². The van der Waals surface area contributed by atoms with E-state index < -0.39 is 19.1 Å². The molecule has 0 atom stereocenters. The molecule has 2 aromatic rings. The van der Waals surface area contributed by atoms with E-state index in [0.29, 0.717) is 18.2 Å². The molecule has 0 aromatic heterocycles. The summed E-state index contributed by atoms with van der Waals surface area (Å²) in [6.07, 6.45) is 0.799. The molecule has 27 heavy (non-hydrogen) atoms. The summed E-state index contributed by atoms with van der Waals surface area (Å²) in [4.78, 5) is 0. The van der Waals surface area contributed by atoms with Crippen LogP contribution in [0.5, 0.6) is 11.5 Å². The van der Waals surface area contributed by atoms with Crippen LogP contribution in [-0.2, 0) is 5.41 Å². The molecule has 0 bridgehead atoms. The summed E-state index contributed by atoms with van der Waals surface area (Å²) in [7, 11) is 0. The van der Waals surface area contributed by atoms with E-state index in [-0.39, 0.29) is 5.41 Å². The quantitative estimate of drug-likeness (QED) is 0.450. The lowest BCUT2D eigenvalue weighted by Crippen LogP contribution is -2.29. The molecule has 0 unspecified atom stereocenters. The van der Waals surface area contributed by atoms with E-state index in [1.807, 2.05) is 36.4 Å². The van der Waals surface area contributed by atoms with E-state index in [1.54, 1.807) is 12.1 Å². The van der Waals surface area contributed by atoms with Gasteiger partial charge in [-0.15, -0.1) is 11.6 Å². The van der Waals surface area contributed by atoms with Gasteiger partial charge in [0.05, 0.1) is 6.61 Å². The largest absolute Gasteiger partial charge is 0.494 e. The molecule has 1 N–H and O–H groups in total. The zero-order valence-electron chi connectivity index (χ0n) is 15.6. The topological polar surface area (TPSA) is 38.7 Å². The van der Waals surface area contributed by atoms with Gasteiger partial charge in [-0.1, -0.05) is 38.1 Å². The Morgan fingerprint density at radius 3 is 1.81 bits per heavy atom. The first-order valence-electron chi connectivity index (χ1n) is 8.80. The summed E-state index contributed by atoms with van der Waals surface area (Å²) in [5.74, 6) is -1.53. The Bertz CT molecular complexity index is 700. The molecule has 0 heterocycles. The van der Waals surface area contributed by atoms with Gasteiger partial charge < -0.3 is 14.6 Å². The summed E-state index contributed by atoms with van der Waals surface area (Å²) in [5.41, 5.74) is 1.86. The lowest BCUT2D eigenvalue weighted by atomic mass is 9.78. The Balaban J connectivity index is 2.05. The van der Waals surface area contributed by atoms with Crippen LogP contribution >= 0.6 is 11.6 Å². The molecule has 0 fully saturated rings. The fourth-order valence-corrected chi connectivity index (χ4v) is 2.69. The van der Waals surface area contributed by atoms with Crippen molar-refractivity contribution in [2.45, 2.75) is 31.6 Å². The third-order valence-corrected chi connectivity index (χ3v) is 4.65. The molecule has 0 saturated carbocycles. The summed E-state index contributed by atoms with van der Waals surface area (Å²) in [5, 5.41) is 8.58. The fourth-order valence-electron chi connectivity index (χ4n) is 2.58. The van der Waals surface area contributed by atoms with Crippen molar-refractivity contribution in [3.8, 4) is 11.5 Å². The molecule has 0 aliphatic rings. The molecule has 0 spiro atoms. The predicted octanol–water partition coefficient (Wildman–Crippen LogP) is 5.03. The van der Waals surface area contributed by atoms with Crippen molar-refractivity contribution in [2.75, 3.05) is 25.7 Å². The van der Waals surface area contributed by atoms with E-state index in [9.17, 15) is 8.78 Å². The van der Waals surface area contributed by atoms with Crippen LogP contribution in [0.2, 0.25) is 0 Å². The second-order valence-corrected chi connectivity index (χ2v) is 7.25. The molecule has 3 nitrogen and oxygen atoms in total. The van der Waals surface area contributed by atoms with Gasteiger partial charge >= 0.3 is 5.92 Å². The first-order chi connectivity index (χ1) is 12.8. The summed E-state index contributed by atoms with van der Waals surface area (Å²) in [6.45, 7) is 2.68. The second-order valence-electron chi connectivity index (χ2n) is 6.87. The van der Waals surface area contributed by atoms with Gasteiger partial charge in [-0.2, -0.15) is 0 Å². The van der Waals surface area contributed by atoms with E-state index in [1.165, 1.54) is 0 Å². The highest BCUT2D eigenvalue weighted by atomic mass is 35.5. The fraction of sp³-hybridized carbons (Fsp3) is 0.429. The average molecular weight is 399 g/mol. The molecular formula is C21H25ClF2O3. The van der Waals surface area contributed by atoms with Crippen LogP contribution in [0.4, 0.5) is 8.78 Å². The number of benzene rings is 2. The van der Waals surface area contributed by atoms with Gasteiger partial charge in [-0.3, -0.25) is 0 Å². The monoisotopic (exact) mass is 398 g/mol. The molecule has 0 radical (unpaired) electrons. The number of hydrogen-bond donors (Lipinski definition) is 1. The number of halogens is 3. The lowest BCUT2D eigenvalue weighted by Gasteiger charge is -2.26. The maximum absolute atomic E-state index is 13.1. The molecule has 0 saturated heterocycles. The zero-order valence-corrected chi connectivity index (χ0v) is 16.3. The van der Waals surface area contributed by atoms with Crippen molar-refractivity contribution in [2.24, 2.45) is 0 Å². The molecule has 2 rings (SSSR count). The maximum atomic E-state index is 13.1. The minimum atomic E-state index is -3.24. The first kappa shape index (κ1) is 21.5. The molecule has 0 amide bonds. The first-order valence-corrected chi connectivity index (χ1v) is 9.33. The minimum Gasteiger partial charge on any atom is -0.494 e. The van der Waals surface area contributed by atoms with Crippen molar-refractivity contribution in [3.63, 3.8) is 0 Å². The van der Waals surface area contributed by atoms with Crippen molar-refractivity contribution in [1.29, 1.82) is 0 Å². The third kappa shape index (κ3) is 6.08. The predicted molar refractivity (Wildman–Crippen MR) is 103 cm³/mol. The number of rotatable bonds is 10. The third-order valence-electron chi connectivity index (χ3n) is 4.38. The highest BCUT2D eigenvalue weighted by Gasteiger charge is 2.29. The van der Waals surface area contributed by atoms with Crippen molar-refractivity contribution in [3.05, 3.63) is 59.7 Å². The van der Waals surface area contributed by atoms with E-state index in [4.69, 9.17) is 26.2 Å². The van der Waals surface area contributed by atoms with Crippen LogP contribution < -0.4 is 9.47 Å². The number of alkyl halides is 3. The Kier molecular flexibility index (Phi) is 7.45. The van der Waals surface area contributed by atoms with Crippen LogP contribution in [0.1, 0.15) is 31.4 Å². The smallest absolute Gasteiger partial charge is 0.303 e. The second kappa shape index (κ2) is 9.38. The van der Waals surface area contributed by atoms with Gasteiger partial charge in [0.15, 0.2) is 6.61 Å². The van der Waals surface area contributed by atoms with Gasteiger partial charge in [0.1, 0.15) is 18.1 Å². The van der Waals surface area contributed by atoms with Crippen molar-refractivity contribution in [1.82, 2.24) is 0 Å². The van der Waals surface area contributed by atoms with Crippen LogP contribution in [0.25, 0.3) is 0 Å². The van der Waals surface area contributed by atoms with E-state index in [0.717, 1.165) is 23.3 Å². The molecule has 2 aromatic carbocycles.